The minimum Gasteiger partial charge on any atom is -0.390 e. The number of nitrogens with zero attached hydrogens (tertiary/aromatic N) is 4. The first-order chi connectivity index (χ1) is 21.0. The van der Waals surface area contributed by atoms with Crippen molar-refractivity contribution in [3.63, 3.8) is 0 Å². The number of H-pyrrole nitrogens is 1. The molecule has 3 saturated heterocycles. The third kappa shape index (κ3) is 6.38. The van der Waals surface area contributed by atoms with E-state index in [0.29, 0.717) is 18.0 Å². The van der Waals surface area contributed by atoms with Crippen LogP contribution in [-0.2, 0) is 16.6 Å². The predicted octanol–water partition coefficient (Wildman–Crippen LogP) is 5.42. The fraction of sp³-hybridized carbons (Fsp3) is 0.639. The summed E-state index contributed by atoms with van der Waals surface area (Å²) in [4.78, 5) is 29.6. The number of piperazine rings is 1. The number of likely N-dealkylation sites (N-methyl/N-ethyl adjacent to an activating group) is 1. The molecule has 1 aromatic carbocycles. The van der Waals surface area contributed by atoms with Crippen molar-refractivity contribution in [3.8, 4) is 11.3 Å². The van der Waals surface area contributed by atoms with E-state index >= 15 is 0 Å². The van der Waals surface area contributed by atoms with Gasteiger partial charge in [-0.1, -0.05) is 24.1 Å². The van der Waals surface area contributed by atoms with Crippen molar-refractivity contribution in [1.82, 2.24) is 24.6 Å². The lowest BCUT2D eigenvalue weighted by Crippen LogP contribution is -2.50. The number of aliphatic hydroxyl groups is 1. The minimum absolute atomic E-state index is 0.301. The summed E-state index contributed by atoms with van der Waals surface area (Å²) in [6.45, 7) is 18.2. The Balaban J connectivity index is 1.21. The summed E-state index contributed by atoms with van der Waals surface area (Å²) in [6, 6.07) is 10.1. The molecule has 2 bridgehead atoms. The van der Waals surface area contributed by atoms with Gasteiger partial charge in [0.2, 0.25) is 5.91 Å². The number of fused-ring (bicyclic) bond motifs is 3. The monoisotopic (exact) mass is 619 g/mol. The molecule has 6 rings (SSSR count). The van der Waals surface area contributed by atoms with Gasteiger partial charge in [-0.05, 0) is 103 Å². The van der Waals surface area contributed by atoms with E-state index in [9.17, 15) is 9.90 Å². The predicted molar refractivity (Wildman–Crippen MR) is 183 cm³/mol. The van der Waals surface area contributed by atoms with Crippen LogP contribution in [-0.4, -0.2) is 113 Å². The van der Waals surface area contributed by atoms with Crippen molar-refractivity contribution >= 4 is 27.5 Å². The van der Waals surface area contributed by atoms with Gasteiger partial charge in [-0.2, -0.15) is 0 Å². The van der Waals surface area contributed by atoms with Crippen LogP contribution in [0, 0.1) is 13.8 Å². The van der Waals surface area contributed by atoms with Crippen molar-refractivity contribution in [2.75, 3.05) is 59.4 Å². The molecule has 1 amide bonds. The van der Waals surface area contributed by atoms with Crippen molar-refractivity contribution in [3.05, 3.63) is 45.8 Å². The summed E-state index contributed by atoms with van der Waals surface area (Å²) in [6.07, 6.45) is 5.36. The van der Waals surface area contributed by atoms with Crippen LogP contribution in [0.4, 0.5) is 0 Å². The Morgan fingerprint density at radius 1 is 1.02 bits per heavy atom. The van der Waals surface area contributed by atoms with Gasteiger partial charge in [-0.25, -0.2) is 0 Å². The standard InChI is InChI=1S/C36H53N5O2S/c1-7-38(6)22-29(42)23-40-16-14-39(15-17-40)13-12-30-31-21-32(36(4,5)35(43)41-27-8-9-28(41)11-10-27)44-34(31)37-33(30)26-19-24(2)18-25(3)20-26/h18-21,27-29,37,42H,7-17,22-23H2,1-6H3. The fourth-order valence-corrected chi connectivity index (χ4v) is 9.13. The van der Waals surface area contributed by atoms with Crippen LogP contribution in [0.3, 0.4) is 0 Å². The van der Waals surface area contributed by atoms with E-state index in [1.54, 1.807) is 11.3 Å². The van der Waals surface area contributed by atoms with Gasteiger partial charge in [-0.15, -0.1) is 11.3 Å². The molecule has 3 aliphatic heterocycles. The first-order valence-corrected chi connectivity index (χ1v) is 17.7. The smallest absolute Gasteiger partial charge is 0.233 e. The van der Waals surface area contributed by atoms with Crippen molar-refractivity contribution in [2.45, 2.75) is 90.3 Å². The van der Waals surface area contributed by atoms with E-state index in [0.717, 1.165) is 58.8 Å². The van der Waals surface area contributed by atoms with Gasteiger partial charge in [0.1, 0.15) is 4.83 Å². The Labute approximate surface area is 268 Å². The highest BCUT2D eigenvalue weighted by atomic mass is 32.1. The average molecular weight is 620 g/mol. The lowest BCUT2D eigenvalue weighted by molar-refractivity contribution is -0.137. The molecule has 2 N–H and O–H groups in total. The minimum atomic E-state index is -0.528. The number of thiophene rings is 1. The van der Waals surface area contributed by atoms with E-state index in [1.165, 1.54) is 68.7 Å². The molecule has 44 heavy (non-hydrogen) atoms. The Morgan fingerprint density at radius 3 is 2.25 bits per heavy atom. The van der Waals surface area contributed by atoms with Crippen molar-refractivity contribution in [2.24, 2.45) is 0 Å². The van der Waals surface area contributed by atoms with Crippen molar-refractivity contribution in [1.29, 1.82) is 0 Å². The van der Waals surface area contributed by atoms with E-state index < -0.39 is 5.41 Å². The number of aromatic amines is 1. The van der Waals surface area contributed by atoms with Crippen LogP contribution in [0.15, 0.2) is 24.3 Å². The highest BCUT2D eigenvalue weighted by Gasteiger charge is 2.47. The molecule has 1 atom stereocenters. The number of amides is 1. The van der Waals surface area contributed by atoms with Crippen LogP contribution in [0.25, 0.3) is 21.5 Å². The number of carbonyl (C=O) groups excluding carboxylic acids is 1. The highest BCUT2D eigenvalue weighted by Crippen LogP contribution is 2.44. The third-order valence-corrected chi connectivity index (χ3v) is 12.0. The van der Waals surface area contributed by atoms with Gasteiger partial charge in [0.15, 0.2) is 0 Å². The number of carbonyl (C=O) groups is 1. The molecule has 5 heterocycles. The second kappa shape index (κ2) is 12.9. The first kappa shape index (κ1) is 31.7. The zero-order chi connectivity index (χ0) is 31.2. The molecule has 0 radical (unpaired) electrons. The van der Waals surface area contributed by atoms with E-state index in [2.05, 4.69) is 90.5 Å². The van der Waals surface area contributed by atoms with Gasteiger partial charge in [-0.3, -0.25) is 9.69 Å². The SMILES string of the molecule is CCN(C)CC(O)CN1CCN(CCc2c(-c3cc(C)cc(C)c3)[nH]c3sc(C(C)(C)C(=O)N4C5CCC4CC5)cc23)CC1. The molecule has 7 nitrogen and oxygen atoms in total. The molecule has 2 aromatic heterocycles. The Bertz CT molecular complexity index is 1430. The lowest BCUT2D eigenvalue weighted by atomic mass is 9.88. The molecule has 8 heteroatoms. The van der Waals surface area contributed by atoms with Crippen LogP contribution in [0.1, 0.15) is 68.0 Å². The van der Waals surface area contributed by atoms with E-state index in [-0.39, 0.29) is 6.10 Å². The fourth-order valence-electron chi connectivity index (χ4n) is 7.95. The van der Waals surface area contributed by atoms with Gasteiger partial charge >= 0.3 is 0 Å². The largest absolute Gasteiger partial charge is 0.390 e. The number of aryl methyl sites for hydroxylation is 2. The zero-order valence-electron chi connectivity index (χ0n) is 27.8. The van der Waals surface area contributed by atoms with Crippen LogP contribution in [0.5, 0.6) is 0 Å². The first-order valence-electron chi connectivity index (χ1n) is 16.9. The highest BCUT2D eigenvalue weighted by molar-refractivity contribution is 7.19. The lowest BCUT2D eigenvalue weighted by Gasteiger charge is -2.36. The maximum Gasteiger partial charge on any atom is 0.233 e. The van der Waals surface area contributed by atoms with Crippen LogP contribution >= 0.6 is 11.3 Å². The molecule has 240 valence electrons. The van der Waals surface area contributed by atoms with E-state index in [4.69, 9.17) is 0 Å². The zero-order valence-corrected chi connectivity index (χ0v) is 28.6. The van der Waals surface area contributed by atoms with Gasteiger partial charge in [0.25, 0.3) is 0 Å². The number of aliphatic hydroxyl groups excluding tert-OH is 1. The number of hydrogen-bond donors (Lipinski definition) is 2. The van der Waals surface area contributed by atoms with Crippen LogP contribution in [0.2, 0.25) is 0 Å². The second-order valence-electron chi connectivity index (χ2n) is 14.4. The molecule has 3 aliphatic rings. The molecule has 0 spiro atoms. The molecule has 0 saturated carbocycles. The van der Waals surface area contributed by atoms with Crippen molar-refractivity contribution < 1.29 is 9.90 Å². The third-order valence-electron chi connectivity index (χ3n) is 10.6. The topological polar surface area (TPSA) is 66.0 Å². The number of rotatable bonds is 11. The van der Waals surface area contributed by atoms with Crippen LogP contribution < -0.4 is 0 Å². The summed E-state index contributed by atoms with van der Waals surface area (Å²) < 4.78 is 0. The number of hydrogen-bond acceptors (Lipinski definition) is 6. The summed E-state index contributed by atoms with van der Waals surface area (Å²) in [7, 11) is 2.07. The van der Waals surface area contributed by atoms with Gasteiger partial charge in [0.05, 0.1) is 17.2 Å². The molecule has 3 aromatic rings. The van der Waals surface area contributed by atoms with E-state index in [1.807, 2.05) is 0 Å². The maximum absolute atomic E-state index is 14.0. The van der Waals surface area contributed by atoms with Gasteiger partial charge < -0.3 is 24.8 Å². The number of nitrogens with one attached hydrogen (secondary N) is 1. The Morgan fingerprint density at radius 2 is 1.64 bits per heavy atom. The second-order valence-corrected chi connectivity index (χ2v) is 15.5. The average Bonchev–Trinajstić information content (AvgIpc) is 3.76. The number of β-amino-alcohol motifs (C(OH)–C–C–N with tert-alkyl or cyclic N) is 1. The molecule has 1 unspecified atom stereocenters. The number of benzene rings is 1. The van der Waals surface area contributed by atoms with Gasteiger partial charge in [0, 0.05) is 68.2 Å². The summed E-state index contributed by atoms with van der Waals surface area (Å²) in [5.74, 6) is 0.312. The maximum atomic E-state index is 14.0. The quantitative estimate of drug-likeness (QED) is 0.300. The summed E-state index contributed by atoms with van der Waals surface area (Å²) >= 11 is 1.77. The molecule has 0 aliphatic carbocycles. The normalized spacial score (nSPS) is 22.1. The summed E-state index contributed by atoms with van der Waals surface area (Å²) in [5.41, 5.74) is 5.88. The number of aromatic nitrogens is 1. The molecule has 3 fully saturated rings. The Kier molecular flexibility index (Phi) is 9.29. The molecular weight excluding hydrogens is 566 g/mol. The summed E-state index contributed by atoms with van der Waals surface area (Å²) in [5, 5.41) is 11.8. The Hall–Kier alpha value is -2.23. The molecular formula is C36H53N5O2S.